The SMILES string of the molecule is Nc1ccc(C2NCCOC2=O)cc1. The highest BCUT2D eigenvalue weighted by atomic mass is 16.5. The smallest absolute Gasteiger partial charge is 0.327 e. The number of anilines is 1. The summed E-state index contributed by atoms with van der Waals surface area (Å²) in [6.45, 7) is 1.14. The first-order chi connectivity index (χ1) is 6.77. The first-order valence-corrected chi connectivity index (χ1v) is 4.53. The summed E-state index contributed by atoms with van der Waals surface area (Å²) < 4.78 is 4.94. The molecular formula is C10H12N2O2. The molecule has 14 heavy (non-hydrogen) atoms. The monoisotopic (exact) mass is 192 g/mol. The molecule has 1 atom stereocenters. The van der Waals surface area contributed by atoms with Crippen LogP contribution in [0, 0.1) is 0 Å². The number of rotatable bonds is 1. The van der Waals surface area contributed by atoms with E-state index in [1.807, 2.05) is 12.1 Å². The number of nitrogens with one attached hydrogen (secondary N) is 1. The van der Waals surface area contributed by atoms with Gasteiger partial charge in [0.25, 0.3) is 0 Å². The highest BCUT2D eigenvalue weighted by molar-refractivity contribution is 5.78. The highest BCUT2D eigenvalue weighted by Crippen LogP contribution is 2.17. The summed E-state index contributed by atoms with van der Waals surface area (Å²) in [7, 11) is 0. The highest BCUT2D eigenvalue weighted by Gasteiger charge is 2.24. The van der Waals surface area contributed by atoms with Crippen LogP contribution in [0.1, 0.15) is 11.6 Å². The van der Waals surface area contributed by atoms with E-state index >= 15 is 0 Å². The number of carbonyl (C=O) groups excluding carboxylic acids is 1. The first-order valence-electron chi connectivity index (χ1n) is 4.53. The van der Waals surface area contributed by atoms with Gasteiger partial charge in [0.2, 0.25) is 0 Å². The van der Waals surface area contributed by atoms with E-state index in [0.717, 1.165) is 5.56 Å². The van der Waals surface area contributed by atoms with Crippen molar-refractivity contribution in [3.63, 3.8) is 0 Å². The van der Waals surface area contributed by atoms with E-state index in [-0.39, 0.29) is 12.0 Å². The van der Waals surface area contributed by atoms with E-state index in [4.69, 9.17) is 10.5 Å². The van der Waals surface area contributed by atoms with E-state index in [1.54, 1.807) is 12.1 Å². The summed E-state index contributed by atoms with van der Waals surface area (Å²) in [4.78, 5) is 11.4. The van der Waals surface area contributed by atoms with Gasteiger partial charge in [-0.15, -0.1) is 0 Å². The summed E-state index contributed by atoms with van der Waals surface area (Å²) in [6, 6.07) is 6.88. The van der Waals surface area contributed by atoms with Gasteiger partial charge < -0.3 is 10.5 Å². The molecule has 1 saturated heterocycles. The Balaban J connectivity index is 2.20. The number of morpholine rings is 1. The van der Waals surface area contributed by atoms with E-state index in [0.29, 0.717) is 18.8 Å². The van der Waals surface area contributed by atoms with Crippen molar-refractivity contribution in [3.8, 4) is 0 Å². The zero-order chi connectivity index (χ0) is 9.97. The number of nitrogen functional groups attached to an aromatic ring is 1. The molecule has 4 nitrogen and oxygen atoms in total. The minimum atomic E-state index is -0.343. The van der Waals surface area contributed by atoms with Crippen LogP contribution in [0.5, 0.6) is 0 Å². The Morgan fingerprint density at radius 1 is 1.36 bits per heavy atom. The number of hydrogen-bond acceptors (Lipinski definition) is 4. The van der Waals surface area contributed by atoms with Crippen molar-refractivity contribution in [1.29, 1.82) is 0 Å². The number of hydrogen-bond donors (Lipinski definition) is 2. The van der Waals surface area contributed by atoms with Crippen LogP contribution in [-0.4, -0.2) is 19.1 Å². The van der Waals surface area contributed by atoms with E-state index in [2.05, 4.69) is 5.32 Å². The van der Waals surface area contributed by atoms with Gasteiger partial charge in [0.1, 0.15) is 12.6 Å². The van der Waals surface area contributed by atoms with E-state index in [9.17, 15) is 4.79 Å². The summed E-state index contributed by atoms with van der Waals surface area (Å²) in [5.74, 6) is -0.221. The lowest BCUT2D eigenvalue weighted by Crippen LogP contribution is -2.38. The second-order valence-corrected chi connectivity index (χ2v) is 3.22. The van der Waals surface area contributed by atoms with Crippen LogP contribution in [0.25, 0.3) is 0 Å². The second kappa shape index (κ2) is 3.67. The first kappa shape index (κ1) is 9.02. The van der Waals surface area contributed by atoms with Gasteiger partial charge in [-0.1, -0.05) is 12.1 Å². The average Bonchev–Trinajstić information content (AvgIpc) is 2.20. The molecule has 1 heterocycles. The minimum absolute atomic E-state index is 0.221. The molecule has 1 aromatic carbocycles. The standard InChI is InChI=1S/C10H12N2O2/c11-8-3-1-7(2-4-8)9-10(13)14-6-5-12-9/h1-4,9,12H,5-6,11H2. The molecule has 0 amide bonds. The van der Waals surface area contributed by atoms with Gasteiger partial charge in [0, 0.05) is 12.2 Å². The normalized spacial score (nSPS) is 21.7. The van der Waals surface area contributed by atoms with Gasteiger partial charge in [0.05, 0.1) is 0 Å². The largest absolute Gasteiger partial charge is 0.463 e. The van der Waals surface area contributed by atoms with Gasteiger partial charge in [-0.25, -0.2) is 4.79 Å². The lowest BCUT2D eigenvalue weighted by molar-refractivity contribution is -0.149. The molecule has 4 heteroatoms. The van der Waals surface area contributed by atoms with E-state index in [1.165, 1.54) is 0 Å². The van der Waals surface area contributed by atoms with Crippen LogP contribution in [0.4, 0.5) is 5.69 Å². The minimum Gasteiger partial charge on any atom is -0.463 e. The van der Waals surface area contributed by atoms with E-state index < -0.39 is 0 Å². The number of benzene rings is 1. The third kappa shape index (κ3) is 1.70. The molecule has 0 spiro atoms. The van der Waals surface area contributed by atoms with Gasteiger partial charge in [0.15, 0.2) is 0 Å². The van der Waals surface area contributed by atoms with Crippen molar-refractivity contribution < 1.29 is 9.53 Å². The third-order valence-electron chi connectivity index (χ3n) is 2.20. The van der Waals surface area contributed by atoms with Gasteiger partial charge >= 0.3 is 5.97 Å². The number of carbonyl (C=O) groups is 1. The molecule has 0 aliphatic carbocycles. The quantitative estimate of drug-likeness (QED) is 0.501. The number of ether oxygens (including phenoxy) is 1. The molecule has 1 fully saturated rings. The van der Waals surface area contributed by atoms with Crippen molar-refractivity contribution in [3.05, 3.63) is 29.8 Å². The molecule has 0 radical (unpaired) electrons. The van der Waals surface area contributed by atoms with Crippen molar-refractivity contribution in [2.75, 3.05) is 18.9 Å². The second-order valence-electron chi connectivity index (χ2n) is 3.22. The Hall–Kier alpha value is -1.55. The van der Waals surface area contributed by atoms with Crippen LogP contribution in [0.2, 0.25) is 0 Å². The molecule has 1 unspecified atom stereocenters. The fourth-order valence-electron chi connectivity index (χ4n) is 1.46. The molecule has 1 aromatic rings. The third-order valence-corrected chi connectivity index (χ3v) is 2.20. The molecule has 1 aliphatic rings. The van der Waals surface area contributed by atoms with Gasteiger partial charge in [-0.05, 0) is 17.7 Å². The summed E-state index contributed by atoms with van der Waals surface area (Å²) in [5, 5.41) is 3.09. The number of nitrogens with two attached hydrogens (primary N) is 1. The van der Waals surface area contributed by atoms with Crippen molar-refractivity contribution in [1.82, 2.24) is 5.32 Å². The molecule has 74 valence electrons. The van der Waals surface area contributed by atoms with Crippen molar-refractivity contribution in [2.24, 2.45) is 0 Å². The Kier molecular flexibility index (Phi) is 2.37. The molecule has 1 aliphatic heterocycles. The molecule has 0 saturated carbocycles. The molecule has 0 aromatic heterocycles. The fourth-order valence-corrected chi connectivity index (χ4v) is 1.46. The predicted octanol–water partition coefficient (Wildman–Crippen LogP) is 0.456. The summed E-state index contributed by atoms with van der Waals surface area (Å²) in [6.07, 6.45) is 0. The Morgan fingerprint density at radius 2 is 2.07 bits per heavy atom. The topological polar surface area (TPSA) is 64.3 Å². The lowest BCUT2D eigenvalue weighted by atomic mass is 10.1. The van der Waals surface area contributed by atoms with Gasteiger partial charge in [-0.3, -0.25) is 5.32 Å². The van der Waals surface area contributed by atoms with Crippen molar-refractivity contribution in [2.45, 2.75) is 6.04 Å². The number of esters is 1. The molecular weight excluding hydrogens is 180 g/mol. The predicted molar refractivity (Wildman–Crippen MR) is 52.6 cm³/mol. The Labute approximate surface area is 82.1 Å². The molecule has 2 rings (SSSR count). The fraction of sp³-hybridized carbons (Fsp3) is 0.300. The summed E-state index contributed by atoms with van der Waals surface area (Å²) in [5.41, 5.74) is 7.14. The zero-order valence-electron chi connectivity index (χ0n) is 7.69. The summed E-state index contributed by atoms with van der Waals surface area (Å²) >= 11 is 0. The van der Waals surface area contributed by atoms with Crippen molar-refractivity contribution >= 4 is 11.7 Å². The zero-order valence-corrected chi connectivity index (χ0v) is 7.69. The molecule has 0 bridgehead atoms. The van der Waals surface area contributed by atoms with Crippen LogP contribution >= 0.6 is 0 Å². The Morgan fingerprint density at radius 3 is 2.71 bits per heavy atom. The lowest BCUT2D eigenvalue weighted by Gasteiger charge is -2.22. The van der Waals surface area contributed by atoms with Crippen LogP contribution in [-0.2, 0) is 9.53 Å². The maximum Gasteiger partial charge on any atom is 0.327 e. The Bertz CT molecular complexity index is 334. The average molecular weight is 192 g/mol. The molecule has 3 N–H and O–H groups in total. The number of cyclic esters (lactones) is 1. The van der Waals surface area contributed by atoms with Gasteiger partial charge in [-0.2, -0.15) is 0 Å². The van der Waals surface area contributed by atoms with Crippen LogP contribution in [0.15, 0.2) is 24.3 Å². The van der Waals surface area contributed by atoms with Crippen LogP contribution < -0.4 is 11.1 Å². The van der Waals surface area contributed by atoms with Crippen LogP contribution in [0.3, 0.4) is 0 Å². The maximum atomic E-state index is 11.4. The maximum absolute atomic E-state index is 11.4.